The fraction of sp³-hybridized carbons (Fsp3) is 0.292. The Morgan fingerprint density at radius 1 is 1.07 bits per heavy atom. The molecule has 3 aromatic rings. The number of hydrogen-bond donors (Lipinski definition) is 3. The van der Waals surface area contributed by atoms with Crippen molar-refractivity contribution in [1.82, 2.24) is 10.6 Å². The maximum Gasteiger partial charge on any atom is 0.251 e. The first kappa shape index (κ1) is 20.9. The second-order valence-electron chi connectivity index (χ2n) is 7.45. The number of benzene rings is 2. The molecule has 1 amide bonds. The Hall–Kier alpha value is -2.34. The predicted octanol–water partition coefficient (Wildman–Crippen LogP) is 4.67. The van der Waals surface area contributed by atoms with Crippen LogP contribution in [0.4, 0.5) is 5.69 Å². The lowest BCUT2D eigenvalue weighted by Crippen LogP contribution is -2.25. The van der Waals surface area contributed by atoms with E-state index >= 15 is 0 Å². The van der Waals surface area contributed by atoms with Crippen molar-refractivity contribution in [2.75, 3.05) is 25.0 Å². The standard InChI is InChI=1S/C24H26ClN3OS/c25-22-8-7-18-9-12-26-13-11-21(18)23(22)28-16-17-3-5-19(6-4-17)24(29)27-14-10-20-2-1-15-30-20/h1-8,15,26,28H,9-14,16H2,(H,27,29). The van der Waals surface area contributed by atoms with Crippen molar-refractivity contribution in [1.29, 1.82) is 0 Å². The Balaban J connectivity index is 1.34. The largest absolute Gasteiger partial charge is 0.380 e. The summed E-state index contributed by atoms with van der Waals surface area (Å²) in [4.78, 5) is 13.6. The molecule has 1 aromatic heterocycles. The molecule has 2 aromatic carbocycles. The SMILES string of the molecule is O=C(NCCc1cccs1)c1ccc(CNc2c(Cl)ccc3c2CCNCC3)cc1. The molecule has 0 radical (unpaired) electrons. The average molecular weight is 440 g/mol. The van der Waals surface area contributed by atoms with Gasteiger partial charge in [0.15, 0.2) is 0 Å². The number of thiophene rings is 1. The Kier molecular flexibility index (Phi) is 7.05. The van der Waals surface area contributed by atoms with Gasteiger partial charge in [-0.05, 0) is 78.7 Å². The summed E-state index contributed by atoms with van der Waals surface area (Å²) in [6.07, 6.45) is 2.86. The third-order valence-corrected chi connectivity index (χ3v) is 6.66. The van der Waals surface area contributed by atoms with Gasteiger partial charge in [0.05, 0.1) is 10.7 Å². The van der Waals surface area contributed by atoms with E-state index in [9.17, 15) is 4.79 Å². The molecule has 0 aliphatic carbocycles. The first-order chi connectivity index (χ1) is 14.7. The van der Waals surface area contributed by atoms with E-state index in [0.717, 1.165) is 48.6 Å². The lowest BCUT2D eigenvalue weighted by molar-refractivity contribution is 0.0954. The van der Waals surface area contributed by atoms with Crippen LogP contribution in [0.1, 0.15) is 31.9 Å². The first-order valence-corrected chi connectivity index (χ1v) is 11.6. The monoisotopic (exact) mass is 439 g/mol. The van der Waals surface area contributed by atoms with Gasteiger partial charge in [0.1, 0.15) is 0 Å². The molecule has 30 heavy (non-hydrogen) atoms. The predicted molar refractivity (Wildman–Crippen MR) is 126 cm³/mol. The van der Waals surface area contributed by atoms with Crippen LogP contribution in [0.2, 0.25) is 5.02 Å². The molecule has 6 heteroatoms. The maximum absolute atomic E-state index is 12.4. The van der Waals surface area contributed by atoms with E-state index in [0.29, 0.717) is 18.7 Å². The third kappa shape index (κ3) is 5.22. The molecule has 4 rings (SSSR count). The Labute approximate surface area is 186 Å². The van der Waals surface area contributed by atoms with Gasteiger partial charge in [-0.3, -0.25) is 4.79 Å². The van der Waals surface area contributed by atoms with E-state index in [1.807, 2.05) is 36.4 Å². The Morgan fingerprint density at radius 3 is 2.70 bits per heavy atom. The van der Waals surface area contributed by atoms with Crippen LogP contribution in [-0.2, 0) is 25.8 Å². The van der Waals surface area contributed by atoms with Gasteiger partial charge in [0.2, 0.25) is 0 Å². The molecule has 0 saturated heterocycles. The molecule has 2 heterocycles. The summed E-state index contributed by atoms with van der Waals surface area (Å²) in [5, 5.41) is 12.8. The zero-order chi connectivity index (χ0) is 20.8. The van der Waals surface area contributed by atoms with Gasteiger partial charge < -0.3 is 16.0 Å². The number of halogens is 1. The van der Waals surface area contributed by atoms with Crippen molar-refractivity contribution in [2.45, 2.75) is 25.8 Å². The van der Waals surface area contributed by atoms with E-state index in [-0.39, 0.29) is 5.91 Å². The van der Waals surface area contributed by atoms with Gasteiger partial charge in [0.25, 0.3) is 5.91 Å². The van der Waals surface area contributed by atoms with Crippen LogP contribution in [0, 0.1) is 0 Å². The minimum absolute atomic E-state index is 0.0324. The molecule has 0 unspecified atom stereocenters. The zero-order valence-corrected chi connectivity index (χ0v) is 18.4. The van der Waals surface area contributed by atoms with Crippen molar-refractivity contribution in [3.8, 4) is 0 Å². The van der Waals surface area contributed by atoms with Crippen LogP contribution in [0.15, 0.2) is 53.9 Å². The molecule has 0 fully saturated rings. The van der Waals surface area contributed by atoms with E-state index in [2.05, 4.69) is 33.5 Å². The number of amides is 1. The van der Waals surface area contributed by atoms with E-state index in [4.69, 9.17) is 11.6 Å². The van der Waals surface area contributed by atoms with Crippen molar-refractivity contribution >= 4 is 34.5 Å². The van der Waals surface area contributed by atoms with Gasteiger partial charge in [-0.1, -0.05) is 35.9 Å². The number of carbonyl (C=O) groups is 1. The second kappa shape index (κ2) is 10.1. The Bertz CT molecular complexity index is 986. The molecule has 0 bridgehead atoms. The first-order valence-electron chi connectivity index (χ1n) is 10.3. The quantitative estimate of drug-likeness (QED) is 0.501. The highest BCUT2D eigenvalue weighted by Gasteiger charge is 2.14. The number of fused-ring (bicyclic) bond motifs is 1. The summed E-state index contributed by atoms with van der Waals surface area (Å²) < 4.78 is 0. The van der Waals surface area contributed by atoms with Crippen LogP contribution in [-0.4, -0.2) is 25.5 Å². The van der Waals surface area contributed by atoms with Gasteiger partial charge in [-0.25, -0.2) is 0 Å². The van der Waals surface area contributed by atoms with Crippen LogP contribution < -0.4 is 16.0 Å². The number of rotatable bonds is 7. The average Bonchev–Trinajstić information content (AvgIpc) is 3.16. The smallest absolute Gasteiger partial charge is 0.251 e. The van der Waals surface area contributed by atoms with Crippen LogP contribution in [0.3, 0.4) is 0 Å². The highest BCUT2D eigenvalue weighted by molar-refractivity contribution is 7.09. The van der Waals surface area contributed by atoms with Crippen molar-refractivity contribution < 1.29 is 4.79 Å². The lowest BCUT2D eigenvalue weighted by Gasteiger charge is -2.16. The molecule has 1 aliphatic rings. The number of hydrogen-bond acceptors (Lipinski definition) is 4. The molecule has 3 N–H and O–H groups in total. The van der Waals surface area contributed by atoms with Gasteiger partial charge in [-0.15, -0.1) is 11.3 Å². The molecule has 1 aliphatic heterocycles. The van der Waals surface area contributed by atoms with E-state index in [1.54, 1.807) is 11.3 Å². The normalized spacial score (nSPS) is 13.4. The summed E-state index contributed by atoms with van der Waals surface area (Å²) in [6, 6.07) is 16.0. The summed E-state index contributed by atoms with van der Waals surface area (Å²) >= 11 is 8.21. The van der Waals surface area contributed by atoms with Crippen molar-refractivity contribution in [3.63, 3.8) is 0 Å². The maximum atomic E-state index is 12.4. The molecule has 0 atom stereocenters. The highest BCUT2D eigenvalue weighted by Crippen LogP contribution is 2.31. The molecule has 0 spiro atoms. The Morgan fingerprint density at radius 2 is 1.90 bits per heavy atom. The fourth-order valence-corrected chi connectivity index (χ4v) is 4.71. The molecule has 4 nitrogen and oxygen atoms in total. The fourth-order valence-electron chi connectivity index (χ4n) is 3.76. The molecular formula is C24H26ClN3OS. The van der Waals surface area contributed by atoms with E-state index in [1.165, 1.54) is 16.0 Å². The summed E-state index contributed by atoms with van der Waals surface area (Å²) in [5.74, 6) is -0.0324. The molecule has 156 valence electrons. The van der Waals surface area contributed by atoms with Gasteiger partial charge >= 0.3 is 0 Å². The number of anilines is 1. The van der Waals surface area contributed by atoms with Crippen molar-refractivity contribution in [3.05, 3.63) is 86.1 Å². The topological polar surface area (TPSA) is 53.2 Å². The zero-order valence-electron chi connectivity index (χ0n) is 16.8. The van der Waals surface area contributed by atoms with Crippen LogP contribution in [0.25, 0.3) is 0 Å². The van der Waals surface area contributed by atoms with Gasteiger partial charge in [0, 0.05) is 23.5 Å². The van der Waals surface area contributed by atoms with Crippen LogP contribution >= 0.6 is 22.9 Å². The third-order valence-electron chi connectivity index (χ3n) is 5.40. The number of nitrogens with one attached hydrogen (secondary N) is 3. The summed E-state index contributed by atoms with van der Waals surface area (Å²) in [6.45, 7) is 3.29. The number of carbonyl (C=O) groups excluding carboxylic acids is 1. The van der Waals surface area contributed by atoms with E-state index < -0.39 is 0 Å². The minimum atomic E-state index is -0.0324. The molecule has 0 saturated carbocycles. The van der Waals surface area contributed by atoms with Crippen LogP contribution in [0.5, 0.6) is 0 Å². The lowest BCUT2D eigenvalue weighted by atomic mass is 10.0. The molecular weight excluding hydrogens is 414 g/mol. The van der Waals surface area contributed by atoms with Crippen molar-refractivity contribution in [2.24, 2.45) is 0 Å². The summed E-state index contributed by atoms with van der Waals surface area (Å²) in [5.41, 5.74) is 5.51. The summed E-state index contributed by atoms with van der Waals surface area (Å²) in [7, 11) is 0. The minimum Gasteiger partial charge on any atom is -0.380 e. The highest BCUT2D eigenvalue weighted by atomic mass is 35.5. The van der Waals surface area contributed by atoms with Gasteiger partial charge in [-0.2, -0.15) is 0 Å². The second-order valence-corrected chi connectivity index (χ2v) is 8.89.